The quantitative estimate of drug-likeness (QED) is 0.903. The van der Waals surface area contributed by atoms with Crippen molar-refractivity contribution in [2.45, 2.75) is 44.1 Å². The molecular weight excluding hydrogens is 306 g/mol. The van der Waals surface area contributed by atoms with Gasteiger partial charge >= 0.3 is 0 Å². The topological polar surface area (TPSA) is 57.6 Å². The van der Waals surface area contributed by atoms with Gasteiger partial charge in [-0.2, -0.15) is 0 Å². The Morgan fingerprint density at radius 1 is 1.38 bits per heavy atom. The van der Waals surface area contributed by atoms with Crippen molar-refractivity contribution in [1.29, 1.82) is 0 Å². The molecule has 4 nitrogen and oxygen atoms in total. The van der Waals surface area contributed by atoms with Gasteiger partial charge in [0.2, 0.25) is 10.0 Å². The first-order chi connectivity index (χ1) is 9.93. The third-order valence-corrected chi connectivity index (χ3v) is 8.45. The van der Waals surface area contributed by atoms with Crippen LogP contribution >= 0.6 is 11.3 Å². The molecule has 0 aliphatic heterocycles. The second-order valence-corrected chi connectivity index (χ2v) is 9.50. The summed E-state index contributed by atoms with van der Waals surface area (Å²) in [5.41, 5.74) is 0.740. The number of rotatable bonds is 5. The molecule has 2 bridgehead atoms. The van der Waals surface area contributed by atoms with Crippen LogP contribution in [-0.4, -0.2) is 31.4 Å². The highest BCUT2D eigenvalue weighted by molar-refractivity contribution is 7.89. The number of aliphatic hydroxyl groups is 1. The second kappa shape index (κ2) is 5.65. The number of nitrogens with zero attached hydrogens (tertiary/aromatic N) is 1. The molecule has 0 saturated heterocycles. The molecule has 2 aliphatic rings. The summed E-state index contributed by atoms with van der Waals surface area (Å²) in [6.07, 6.45) is 5.07. The van der Waals surface area contributed by atoms with Gasteiger partial charge in [-0.1, -0.05) is 6.42 Å². The van der Waals surface area contributed by atoms with E-state index in [1.807, 2.05) is 5.38 Å². The zero-order valence-electron chi connectivity index (χ0n) is 12.6. The van der Waals surface area contributed by atoms with E-state index in [9.17, 15) is 13.5 Å². The number of thiophene rings is 1. The highest BCUT2D eigenvalue weighted by atomic mass is 32.2. The maximum absolute atomic E-state index is 12.8. The molecule has 2 fully saturated rings. The van der Waals surface area contributed by atoms with Gasteiger partial charge in [0, 0.05) is 13.6 Å². The summed E-state index contributed by atoms with van der Waals surface area (Å²) in [6.45, 7) is 2.20. The lowest BCUT2D eigenvalue weighted by atomic mass is 9.89. The number of aliphatic hydroxyl groups excluding tert-OH is 1. The van der Waals surface area contributed by atoms with E-state index in [-0.39, 0.29) is 6.61 Å². The van der Waals surface area contributed by atoms with E-state index in [0.29, 0.717) is 28.2 Å². The van der Waals surface area contributed by atoms with Gasteiger partial charge in [0.05, 0.1) is 11.5 Å². The van der Waals surface area contributed by atoms with Gasteiger partial charge in [-0.3, -0.25) is 0 Å². The van der Waals surface area contributed by atoms with E-state index in [1.165, 1.54) is 41.3 Å². The average Bonchev–Trinajstić information content (AvgIpc) is 3.13. The molecule has 0 amide bonds. The molecule has 1 heterocycles. The van der Waals surface area contributed by atoms with Crippen LogP contribution in [0.2, 0.25) is 0 Å². The Balaban J connectivity index is 1.79. The number of sulfonamides is 1. The van der Waals surface area contributed by atoms with Crippen LogP contribution in [0.1, 0.15) is 36.1 Å². The lowest BCUT2D eigenvalue weighted by Gasteiger charge is -2.27. The molecule has 3 atom stereocenters. The van der Waals surface area contributed by atoms with Crippen molar-refractivity contribution in [3.63, 3.8) is 0 Å². The van der Waals surface area contributed by atoms with Crippen LogP contribution in [0.5, 0.6) is 0 Å². The molecular formula is C15H23NO3S2. The summed E-state index contributed by atoms with van der Waals surface area (Å²) in [7, 11) is -1.81. The van der Waals surface area contributed by atoms with Crippen molar-refractivity contribution in [1.82, 2.24) is 4.31 Å². The first-order valence-electron chi connectivity index (χ1n) is 7.57. The predicted octanol–water partition coefficient (Wildman–Crippen LogP) is 2.61. The minimum absolute atomic E-state index is 0.213. The molecule has 6 heteroatoms. The van der Waals surface area contributed by atoms with Gasteiger partial charge < -0.3 is 5.11 Å². The number of hydrogen-bond donors (Lipinski definition) is 1. The van der Waals surface area contributed by atoms with Crippen molar-refractivity contribution in [2.75, 3.05) is 13.6 Å². The standard InChI is InChI=1S/C15H23NO3S2/c1-10-9-20-14(8-17)15(10)21(18,19)16(2)7-13-6-11-3-4-12(13)5-11/h9,11-13,17H,3-8H2,1-2H3. The van der Waals surface area contributed by atoms with Crippen LogP contribution in [0.15, 0.2) is 10.3 Å². The first kappa shape index (κ1) is 15.5. The van der Waals surface area contributed by atoms with Crippen molar-refractivity contribution in [3.8, 4) is 0 Å². The van der Waals surface area contributed by atoms with Crippen LogP contribution in [0, 0.1) is 24.7 Å². The lowest BCUT2D eigenvalue weighted by molar-refractivity contribution is 0.276. The molecule has 2 saturated carbocycles. The maximum Gasteiger partial charge on any atom is 0.244 e. The second-order valence-electron chi connectivity index (χ2n) is 6.55. The van der Waals surface area contributed by atoms with Gasteiger partial charge in [-0.15, -0.1) is 11.3 Å². The van der Waals surface area contributed by atoms with Crippen molar-refractivity contribution >= 4 is 21.4 Å². The molecule has 0 aromatic carbocycles. The van der Waals surface area contributed by atoms with E-state index < -0.39 is 10.0 Å². The van der Waals surface area contributed by atoms with E-state index in [4.69, 9.17) is 0 Å². The molecule has 1 N–H and O–H groups in total. The predicted molar refractivity (Wildman–Crippen MR) is 83.7 cm³/mol. The third-order valence-electron chi connectivity index (χ3n) is 5.18. The molecule has 3 rings (SSSR count). The Morgan fingerprint density at radius 3 is 2.71 bits per heavy atom. The summed E-state index contributed by atoms with van der Waals surface area (Å²) in [5.74, 6) is 2.06. The number of aryl methyl sites for hydroxylation is 1. The van der Waals surface area contributed by atoms with Crippen LogP contribution < -0.4 is 0 Å². The monoisotopic (exact) mass is 329 g/mol. The number of hydrogen-bond acceptors (Lipinski definition) is 4. The number of fused-ring (bicyclic) bond motifs is 2. The molecule has 0 spiro atoms. The molecule has 1 aromatic rings. The average molecular weight is 329 g/mol. The van der Waals surface area contributed by atoms with Crippen molar-refractivity contribution in [3.05, 3.63) is 15.8 Å². The highest BCUT2D eigenvalue weighted by Crippen LogP contribution is 2.48. The summed E-state index contributed by atoms with van der Waals surface area (Å²) < 4.78 is 27.1. The van der Waals surface area contributed by atoms with Gasteiger partial charge in [0.1, 0.15) is 4.90 Å². The molecule has 1 aromatic heterocycles. The Morgan fingerprint density at radius 2 is 2.14 bits per heavy atom. The van der Waals surface area contributed by atoms with E-state index in [1.54, 1.807) is 14.0 Å². The fourth-order valence-corrected chi connectivity index (χ4v) is 6.96. The summed E-state index contributed by atoms with van der Waals surface area (Å²) >= 11 is 1.32. The molecule has 2 aliphatic carbocycles. The van der Waals surface area contributed by atoms with E-state index >= 15 is 0 Å². The molecule has 21 heavy (non-hydrogen) atoms. The Labute approximate surface area is 130 Å². The first-order valence-corrected chi connectivity index (χ1v) is 9.89. The fourth-order valence-electron chi connectivity index (χ4n) is 4.13. The Bertz CT molecular complexity index is 623. The summed E-state index contributed by atoms with van der Waals surface area (Å²) in [5, 5.41) is 11.2. The van der Waals surface area contributed by atoms with Crippen LogP contribution in [0.3, 0.4) is 0 Å². The van der Waals surface area contributed by atoms with E-state index in [0.717, 1.165) is 11.5 Å². The van der Waals surface area contributed by atoms with Crippen molar-refractivity contribution in [2.24, 2.45) is 17.8 Å². The van der Waals surface area contributed by atoms with Gasteiger partial charge in [-0.05, 0) is 54.9 Å². The zero-order valence-corrected chi connectivity index (χ0v) is 14.2. The largest absolute Gasteiger partial charge is 0.391 e. The minimum atomic E-state index is -3.49. The molecule has 0 radical (unpaired) electrons. The van der Waals surface area contributed by atoms with Crippen LogP contribution in [0.4, 0.5) is 0 Å². The lowest BCUT2D eigenvalue weighted by Crippen LogP contribution is -2.34. The Hall–Kier alpha value is -0.430. The molecule has 3 unspecified atom stereocenters. The summed E-state index contributed by atoms with van der Waals surface area (Å²) in [4.78, 5) is 0.868. The van der Waals surface area contributed by atoms with Crippen LogP contribution in [-0.2, 0) is 16.6 Å². The maximum atomic E-state index is 12.8. The third kappa shape index (κ3) is 2.67. The van der Waals surface area contributed by atoms with Gasteiger partial charge in [-0.25, -0.2) is 12.7 Å². The normalized spacial score (nSPS) is 28.7. The summed E-state index contributed by atoms with van der Waals surface area (Å²) in [6, 6.07) is 0. The zero-order chi connectivity index (χ0) is 15.2. The molecule has 118 valence electrons. The minimum Gasteiger partial charge on any atom is -0.391 e. The smallest absolute Gasteiger partial charge is 0.244 e. The van der Waals surface area contributed by atoms with E-state index in [2.05, 4.69) is 0 Å². The fraction of sp³-hybridized carbons (Fsp3) is 0.733. The Kier molecular flexibility index (Phi) is 4.16. The van der Waals surface area contributed by atoms with Crippen LogP contribution in [0.25, 0.3) is 0 Å². The van der Waals surface area contributed by atoms with Crippen molar-refractivity contribution < 1.29 is 13.5 Å². The SMILES string of the molecule is Cc1csc(CO)c1S(=O)(=O)N(C)CC1CC2CCC1C2. The highest BCUT2D eigenvalue weighted by Gasteiger charge is 2.41. The van der Waals surface area contributed by atoms with Gasteiger partial charge in [0.25, 0.3) is 0 Å². The van der Waals surface area contributed by atoms with Gasteiger partial charge in [0.15, 0.2) is 0 Å².